The third-order valence-electron chi connectivity index (χ3n) is 5.33. The van der Waals surface area contributed by atoms with Crippen LogP contribution in [0.2, 0.25) is 10.0 Å². The number of aliphatic imine (C=N–C) groups is 2. The van der Waals surface area contributed by atoms with Gasteiger partial charge in [-0.1, -0.05) is 78.1 Å². The normalized spacial score (nSPS) is 17.9. The zero-order chi connectivity index (χ0) is 21.0. The molecule has 2 aromatic carbocycles. The summed E-state index contributed by atoms with van der Waals surface area (Å²) in [6, 6.07) is 15.1. The van der Waals surface area contributed by atoms with Gasteiger partial charge in [-0.15, -0.1) is 0 Å². The van der Waals surface area contributed by atoms with Crippen LogP contribution in [0.1, 0.15) is 44.1 Å². The molecule has 0 bridgehead atoms. The van der Waals surface area contributed by atoms with Crippen LogP contribution in [0.25, 0.3) is 0 Å². The summed E-state index contributed by atoms with van der Waals surface area (Å²) in [5.41, 5.74) is 2.14. The molecule has 30 heavy (non-hydrogen) atoms. The minimum absolute atomic E-state index is 0.138. The van der Waals surface area contributed by atoms with Crippen LogP contribution in [0, 0.1) is 0 Å². The molecule has 0 saturated heterocycles. The Labute approximate surface area is 191 Å². The monoisotopic (exact) mass is 459 g/mol. The van der Waals surface area contributed by atoms with E-state index in [0.29, 0.717) is 15.7 Å². The Kier molecular flexibility index (Phi) is 6.81. The van der Waals surface area contributed by atoms with Gasteiger partial charge in [-0.3, -0.25) is 9.79 Å². The van der Waals surface area contributed by atoms with Crippen LogP contribution < -0.4 is 5.32 Å². The van der Waals surface area contributed by atoms with E-state index < -0.39 is 0 Å². The first kappa shape index (κ1) is 21.4. The van der Waals surface area contributed by atoms with Crippen molar-refractivity contribution in [1.29, 1.82) is 0 Å². The molecule has 2 aliphatic rings. The number of amides is 1. The van der Waals surface area contributed by atoms with Gasteiger partial charge in [0.25, 0.3) is 0 Å². The van der Waals surface area contributed by atoms with Gasteiger partial charge in [0.1, 0.15) is 5.04 Å². The molecule has 1 fully saturated rings. The van der Waals surface area contributed by atoms with Crippen LogP contribution in [0.5, 0.6) is 0 Å². The zero-order valence-electron chi connectivity index (χ0n) is 16.5. The van der Waals surface area contributed by atoms with Gasteiger partial charge in [-0.05, 0) is 43.9 Å². The Morgan fingerprint density at radius 2 is 1.73 bits per heavy atom. The maximum Gasteiger partial charge on any atom is 0.234 e. The second-order valence-corrected chi connectivity index (χ2v) is 9.41. The topological polar surface area (TPSA) is 53.8 Å². The third-order valence-corrected chi connectivity index (χ3v) is 6.84. The first-order chi connectivity index (χ1) is 14.5. The van der Waals surface area contributed by atoms with E-state index in [-0.39, 0.29) is 17.3 Å². The van der Waals surface area contributed by atoms with Crippen LogP contribution in [0.4, 0.5) is 5.69 Å². The molecule has 0 aromatic heterocycles. The molecule has 1 spiro atoms. The number of nitrogens with zero attached hydrogens (tertiary/aromatic N) is 2. The van der Waals surface area contributed by atoms with E-state index in [0.717, 1.165) is 42.0 Å². The molecule has 4 nitrogen and oxygen atoms in total. The minimum atomic E-state index is -0.361. The van der Waals surface area contributed by atoms with Crippen molar-refractivity contribution in [2.24, 2.45) is 9.98 Å². The van der Waals surface area contributed by atoms with Crippen molar-refractivity contribution in [3.63, 3.8) is 0 Å². The van der Waals surface area contributed by atoms with Gasteiger partial charge in [0.15, 0.2) is 5.66 Å². The summed E-state index contributed by atoms with van der Waals surface area (Å²) in [6.45, 7) is 0. The van der Waals surface area contributed by atoms with Crippen molar-refractivity contribution in [1.82, 2.24) is 0 Å². The lowest BCUT2D eigenvalue weighted by Gasteiger charge is -2.20. The fraction of sp³-hybridized carbons (Fsp3) is 0.348. The average Bonchev–Trinajstić information content (AvgIpc) is 2.94. The van der Waals surface area contributed by atoms with Crippen LogP contribution in [0.3, 0.4) is 0 Å². The number of carbonyl (C=O) groups is 1. The molecular formula is C23H23Cl2N3OS. The first-order valence-electron chi connectivity index (χ1n) is 10.2. The molecular weight excluding hydrogens is 437 g/mol. The second kappa shape index (κ2) is 9.54. The van der Waals surface area contributed by atoms with Crippen LogP contribution >= 0.6 is 35.0 Å². The third kappa shape index (κ3) is 5.08. The molecule has 1 saturated carbocycles. The summed E-state index contributed by atoms with van der Waals surface area (Å²) < 4.78 is 0. The van der Waals surface area contributed by atoms with E-state index in [9.17, 15) is 4.79 Å². The number of hydrogen-bond acceptors (Lipinski definition) is 4. The van der Waals surface area contributed by atoms with E-state index in [1.54, 1.807) is 18.2 Å². The summed E-state index contributed by atoms with van der Waals surface area (Å²) >= 11 is 13.5. The SMILES string of the molecule is O=C(CSC1=NC2(CCCCCC2)N=C1c1ccccc1)Nc1ccc(Cl)cc1Cl. The number of halogens is 2. The number of rotatable bonds is 4. The van der Waals surface area contributed by atoms with Crippen molar-refractivity contribution < 1.29 is 4.79 Å². The summed E-state index contributed by atoms with van der Waals surface area (Å²) in [5.74, 6) is 0.0980. The standard InChI is InChI=1S/C23H23Cl2N3OS/c24-17-10-11-19(18(25)14-17)26-20(29)15-30-22-21(16-8-4-3-5-9-16)27-23(28-22)12-6-1-2-7-13-23/h3-5,8-11,14H,1-2,6-7,12-13,15H2,(H,26,29). The lowest BCUT2D eigenvalue weighted by Crippen LogP contribution is -2.20. The number of hydrogen-bond donors (Lipinski definition) is 1. The largest absolute Gasteiger partial charge is 0.324 e. The molecule has 7 heteroatoms. The average molecular weight is 460 g/mol. The quantitative estimate of drug-likeness (QED) is 0.558. The molecule has 0 radical (unpaired) electrons. The summed E-state index contributed by atoms with van der Waals surface area (Å²) in [6.07, 6.45) is 6.70. The Bertz CT molecular complexity index is 983. The maximum atomic E-state index is 12.6. The second-order valence-electron chi connectivity index (χ2n) is 7.60. The number of thioether (sulfide) groups is 1. The molecule has 1 N–H and O–H groups in total. The Hall–Kier alpha value is -1.82. The highest BCUT2D eigenvalue weighted by atomic mass is 35.5. The van der Waals surface area contributed by atoms with Crippen molar-refractivity contribution >= 4 is 57.3 Å². The Balaban J connectivity index is 1.50. The number of carbonyl (C=O) groups excluding carboxylic acids is 1. The highest BCUT2D eigenvalue weighted by molar-refractivity contribution is 8.16. The lowest BCUT2D eigenvalue weighted by atomic mass is 10.0. The van der Waals surface area contributed by atoms with Crippen LogP contribution in [-0.2, 0) is 4.79 Å². The molecule has 1 aliphatic carbocycles. The predicted octanol–water partition coefficient (Wildman–Crippen LogP) is 6.62. The van der Waals surface area contributed by atoms with E-state index >= 15 is 0 Å². The molecule has 4 rings (SSSR count). The molecule has 1 heterocycles. The number of benzene rings is 2. The lowest BCUT2D eigenvalue weighted by molar-refractivity contribution is -0.113. The van der Waals surface area contributed by atoms with Gasteiger partial charge in [-0.25, -0.2) is 4.99 Å². The van der Waals surface area contributed by atoms with Crippen molar-refractivity contribution in [3.05, 3.63) is 64.1 Å². The number of anilines is 1. The molecule has 0 atom stereocenters. The van der Waals surface area contributed by atoms with Crippen molar-refractivity contribution in [2.45, 2.75) is 44.2 Å². The fourth-order valence-corrected chi connectivity index (χ4v) is 5.17. The molecule has 1 amide bonds. The summed E-state index contributed by atoms with van der Waals surface area (Å²) in [5, 5.41) is 4.65. The Morgan fingerprint density at radius 1 is 1.00 bits per heavy atom. The highest BCUT2D eigenvalue weighted by Gasteiger charge is 2.37. The molecule has 2 aromatic rings. The maximum absolute atomic E-state index is 12.6. The van der Waals surface area contributed by atoms with Crippen LogP contribution in [-0.4, -0.2) is 28.1 Å². The van der Waals surface area contributed by atoms with E-state index in [2.05, 4.69) is 17.4 Å². The fourth-order valence-electron chi connectivity index (χ4n) is 3.84. The van der Waals surface area contributed by atoms with Crippen molar-refractivity contribution in [3.8, 4) is 0 Å². The van der Waals surface area contributed by atoms with Gasteiger partial charge >= 0.3 is 0 Å². The first-order valence-corrected chi connectivity index (χ1v) is 11.9. The summed E-state index contributed by atoms with van der Waals surface area (Å²) in [4.78, 5) is 22.7. The number of nitrogens with one attached hydrogen (secondary N) is 1. The van der Waals surface area contributed by atoms with Gasteiger partial charge in [0, 0.05) is 10.6 Å². The molecule has 1 aliphatic heterocycles. The van der Waals surface area contributed by atoms with E-state index in [1.807, 2.05) is 18.2 Å². The summed E-state index contributed by atoms with van der Waals surface area (Å²) in [7, 11) is 0. The van der Waals surface area contributed by atoms with Gasteiger partial charge in [0.2, 0.25) is 5.91 Å². The zero-order valence-corrected chi connectivity index (χ0v) is 18.9. The highest BCUT2D eigenvalue weighted by Crippen LogP contribution is 2.38. The molecule has 0 unspecified atom stereocenters. The van der Waals surface area contributed by atoms with Crippen LogP contribution in [0.15, 0.2) is 58.5 Å². The van der Waals surface area contributed by atoms with Gasteiger partial charge in [-0.2, -0.15) is 0 Å². The van der Waals surface area contributed by atoms with Crippen molar-refractivity contribution in [2.75, 3.05) is 11.1 Å². The van der Waals surface area contributed by atoms with E-state index in [1.165, 1.54) is 24.6 Å². The smallest absolute Gasteiger partial charge is 0.234 e. The minimum Gasteiger partial charge on any atom is -0.324 e. The Morgan fingerprint density at radius 3 is 2.43 bits per heavy atom. The van der Waals surface area contributed by atoms with Gasteiger partial charge < -0.3 is 5.32 Å². The van der Waals surface area contributed by atoms with E-state index in [4.69, 9.17) is 33.2 Å². The van der Waals surface area contributed by atoms with Gasteiger partial charge in [0.05, 0.1) is 22.2 Å². The predicted molar refractivity (Wildman–Crippen MR) is 128 cm³/mol. The molecule has 156 valence electrons.